The summed E-state index contributed by atoms with van der Waals surface area (Å²) >= 11 is 1.36. The predicted octanol–water partition coefficient (Wildman–Crippen LogP) is 3.12. The number of aliphatic hydroxyl groups is 1. The molecule has 1 amide bonds. The monoisotopic (exact) mass is 371 g/mol. The highest BCUT2D eigenvalue weighted by molar-refractivity contribution is 7.10. The molecule has 0 fully saturated rings. The van der Waals surface area contributed by atoms with Gasteiger partial charge in [0.1, 0.15) is 12.4 Å². The van der Waals surface area contributed by atoms with Gasteiger partial charge in [0.05, 0.1) is 10.4 Å². The van der Waals surface area contributed by atoms with E-state index in [2.05, 4.69) is 0 Å². The van der Waals surface area contributed by atoms with Gasteiger partial charge in [0.15, 0.2) is 5.78 Å². The SMILES string of the molecule is CC(O)(C(=O)Nc1ccc2c(c1)OCc1sccc1C2=O)C(F)(F)F. The second-order valence-electron chi connectivity index (χ2n) is 5.61. The minimum Gasteiger partial charge on any atom is -0.487 e. The Morgan fingerprint density at radius 2 is 2.00 bits per heavy atom. The van der Waals surface area contributed by atoms with Crippen LogP contribution in [0.1, 0.15) is 27.7 Å². The molecule has 5 nitrogen and oxygen atoms in total. The first kappa shape index (κ1) is 17.4. The van der Waals surface area contributed by atoms with Crippen molar-refractivity contribution in [3.63, 3.8) is 0 Å². The van der Waals surface area contributed by atoms with Crippen LogP contribution >= 0.6 is 11.3 Å². The van der Waals surface area contributed by atoms with E-state index in [0.29, 0.717) is 12.5 Å². The Morgan fingerprint density at radius 1 is 1.28 bits per heavy atom. The molecule has 2 N–H and O–H groups in total. The lowest BCUT2D eigenvalue weighted by atomic mass is 10.0. The predicted molar refractivity (Wildman–Crippen MR) is 83.8 cm³/mol. The maximum atomic E-state index is 12.7. The summed E-state index contributed by atoms with van der Waals surface area (Å²) in [4.78, 5) is 24.9. The lowest BCUT2D eigenvalue weighted by Gasteiger charge is -2.25. The molecule has 1 aliphatic heterocycles. The molecule has 1 aromatic carbocycles. The molecule has 25 heavy (non-hydrogen) atoms. The van der Waals surface area contributed by atoms with Crippen molar-refractivity contribution < 1.29 is 32.6 Å². The molecule has 3 rings (SSSR count). The number of alkyl halides is 3. The van der Waals surface area contributed by atoms with Crippen LogP contribution in [-0.2, 0) is 11.4 Å². The standard InChI is InChI=1S/C16H12F3NO4S/c1-15(23,16(17,18)19)14(22)20-8-2-3-9-11(6-8)24-7-12-10(13(9)21)4-5-25-12/h2-6,23H,7H2,1H3,(H,20,22). The molecular weight excluding hydrogens is 359 g/mol. The summed E-state index contributed by atoms with van der Waals surface area (Å²) in [5.74, 6) is -1.74. The van der Waals surface area contributed by atoms with Gasteiger partial charge in [0.25, 0.3) is 5.91 Å². The van der Waals surface area contributed by atoms with Gasteiger partial charge in [-0.25, -0.2) is 0 Å². The van der Waals surface area contributed by atoms with Gasteiger partial charge >= 0.3 is 6.18 Å². The third-order valence-corrected chi connectivity index (χ3v) is 4.72. The quantitative estimate of drug-likeness (QED) is 0.851. The minimum atomic E-state index is -5.12. The van der Waals surface area contributed by atoms with Crippen LogP contribution < -0.4 is 10.1 Å². The first-order chi connectivity index (χ1) is 11.6. The Kier molecular flexibility index (Phi) is 4.08. The molecule has 0 spiro atoms. The van der Waals surface area contributed by atoms with Gasteiger partial charge in [0.2, 0.25) is 5.60 Å². The Labute approximate surface area is 144 Å². The molecule has 0 saturated heterocycles. The largest absolute Gasteiger partial charge is 0.487 e. The number of anilines is 1. The summed E-state index contributed by atoms with van der Waals surface area (Å²) in [6.07, 6.45) is -5.12. The average Bonchev–Trinajstić information content (AvgIpc) is 2.95. The number of hydrogen-bond donors (Lipinski definition) is 2. The number of nitrogens with one attached hydrogen (secondary N) is 1. The number of carbonyl (C=O) groups excluding carboxylic acids is 2. The molecule has 0 aliphatic carbocycles. The number of ketones is 1. The van der Waals surface area contributed by atoms with Crippen molar-refractivity contribution in [3.8, 4) is 5.75 Å². The van der Waals surface area contributed by atoms with Crippen LogP contribution in [-0.4, -0.2) is 28.6 Å². The lowest BCUT2D eigenvalue weighted by molar-refractivity contribution is -0.242. The normalized spacial score (nSPS) is 16.1. The zero-order valence-electron chi connectivity index (χ0n) is 12.8. The van der Waals surface area contributed by atoms with Gasteiger partial charge in [0, 0.05) is 17.3 Å². The summed E-state index contributed by atoms with van der Waals surface area (Å²) in [6.45, 7) is 0.507. The van der Waals surface area contributed by atoms with Crippen LogP contribution in [0.3, 0.4) is 0 Å². The van der Waals surface area contributed by atoms with Crippen LogP contribution in [0.25, 0.3) is 0 Å². The number of hydrogen-bond acceptors (Lipinski definition) is 5. The van der Waals surface area contributed by atoms with E-state index in [-0.39, 0.29) is 29.4 Å². The number of halogens is 3. The molecule has 0 saturated carbocycles. The zero-order chi connectivity index (χ0) is 18.4. The highest BCUT2D eigenvalue weighted by atomic mass is 32.1. The summed E-state index contributed by atoms with van der Waals surface area (Å²) in [5, 5.41) is 13.1. The first-order valence-corrected chi connectivity index (χ1v) is 7.97. The smallest absolute Gasteiger partial charge is 0.426 e. The molecule has 2 aromatic rings. The number of carbonyl (C=O) groups is 2. The van der Waals surface area contributed by atoms with Crippen LogP contribution in [0.2, 0.25) is 0 Å². The van der Waals surface area contributed by atoms with Crippen molar-refractivity contribution >= 4 is 28.7 Å². The molecule has 1 unspecified atom stereocenters. The van der Waals surface area contributed by atoms with Crippen LogP contribution in [0.5, 0.6) is 5.75 Å². The second kappa shape index (κ2) is 5.85. The van der Waals surface area contributed by atoms with Crippen LogP contribution in [0.15, 0.2) is 29.6 Å². The maximum absolute atomic E-state index is 12.7. The van der Waals surface area contributed by atoms with E-state index in [1.165, 1.54) is 29.5 Å². The zero-order valence-corrected chi connectivity index (χ0v) is 13.6. The number of amides is 1. The lowest BCUT2D eigenvalue weighted by Crippen LogP contribution is -2.52. The number of thiophene rings is 1. The molecule has 2 heterocycles. The van der Waals surface area contributed by atoms with E-state index in [1.54, 1.807) is 11.4 Å². The van der Waals surface area contributed by atoms with Gasteiger partial charge in [-0.15, -0.1) is 11.3 Å². The van der Waals surface area contributed by atoms with Crippen LogP contribution in [0, 0.1) is 0 Å². The van der Waals surface area contributed by atoms with E-state index in [0.717, 1.165) is 4.88 Å². The van der Waals surface area contributed by atoms with Crippen molar-refractivity contribution in [1.29, 1.82) is 0 Å². The Bertz CT molecular complexity index is 857. The van der Waals surface area contributed by atoms with Gasteiger partial charge in [-0.3, -0.25) is 9.59 Å². The molecule has 132 valence electrons. The minimum absolute atomic E-state index is 0.0219. The number of benzene rings is 1. The van der Waals surface area contributed by atoms with Crippen molar-refractivity contribution in [3.05, 3.63) is 45.6 Å². The third-order valence-electron chi connectivity index (χ3n) is 3.83. The second-order valence-corrected chi connectivity index (χ2v) is 6.61. The van der Waals surface area contributed by atoms with Crippen molar-refractivity contribution in [1.82, 2.24) is 0 Å². The first-order valence-electron chi connectivity index (χ1n) is 7.10. The molecule has 0 radical (unpaired) electrons. The number of ether oxygens (including phenoxy) is 1. The molecule has 0 bridgehead atoms. The molecule has 1 atom stereocenters. The summed E-state index contributed by atoms with van der Waals surface area (Å²) in [5.41, 5.74) is -2.80. The van der Waals surface area contributed by atoms with E-state index in [9.17, 15) is 27.9 Å². The molecule has 1 aliphatic rings. The third kappa shape index (κ3) is 3.00. The van der Waals surface area contributed by atoms with E-state index in [4.69, 9.17) is 4.74 Å². The fourth-order valence-corrected chi connectivity index (χ4v) is 3.01. The Hall–Kier alpha value is -2.39. The molecule has 9 heteroatoms. The Balaban J connectivity index is 1.87. The molecular formula is C16H12F3NO4S. The highest BCUT2D eigenvalue weighted by Crippen LogP contribution is 2.34. The number of fused-ring (bicyclic) bond motifs is 2. The summed E-state index contributed by atoms with van der Waals surface area (Å²) < 4.78 is 43.6. The summed E-state index contributed by atoms with van der Waals surface area (Å²) in [6, 6.07) is 5.58. The highest BCUT2D eigenvalue weighted by Gasteiger charge is 2.55. The average molecular weight is 371 g/mol. The van der Waals surface area contributed by atoms with Gasteiger partial charge < -0.3 is 15.2 Å². The van der Waals surface area contributed by atoms with E-state index < -0.39 is 17.7 Å². The van der Waals surface area contributed by atoms with Crippen molar-refractivity contribution in [2.24, 2.45) is 0 Å². The molecule has 1 aromatic heterocycles. The Morgan fingerprint density at radius 3 is 2.68 bits per heavy atom. The fraction of sp³-hybridized carbons (Fsp3) is 0.250. The van der Waals surface area contributed by atoms with Gasteiger partial charge in [-0.05, 0) is 30.5 Å². The summed E-state index contributed by atoms with van der Waals surface area (Å²) in [7, 11) is 0. The number of rotatable bonds is 2. The van der Waals surface area contributed by atoms with Crippen LogP contribution in [0.4, 0.5) is 18.9 Å². The fourth-order valence-electron chi connectivity index (χ4n) is 2.23. The topological polar surface area (TPSA) is 75.6 Å². The maximum Gasteiger partial charge on any atom is 0.426 e. The van der Waals surface area contributed by atoms with Crippen molar-refractivity contribution in [2.75, 3.05) is 5.32 Å². The van der Waals surface area contributed by atoms with Gasteiger partial charge in [-0.1, -0.05) is 0 Å². The van der Waals surface area contributed by atoms with E-state index >= 15 is 0 Å². The van der Waals surface area contributed by atoms with Crippen molar-refractivity contribution in [2.45, 2.75) is 25.3 Å². The van der Waals surface area contributed by atoms with E-state index in [1.807, 2.05) is 5.32 Å². The van der Waals surface area contributed by atoms with Gasteiger partial charge in [-0.2, -0.15) is 13.2 Å².